The fourth-order valence-corrected chi connectivity index (χ4v) is 1.18. The molecule has 1 aromatic rings. The maximum absolute atomic E-state index is 8.57. The maximum atomic E-state index is 8.57. The minimum absolute atomic E-state index is 0.128. The summed E-state index contributed by atoms with van der Waals surface area (Å²) < 4.78 is 0. The van der Waals surface area contributed by atoms with Crippen molar-refractivity contribution in [3.05, 3.63) is 35.4 Å². The first-order valence-electron chi connectivity index (χ1n) is 4.70. The lowest BCUT2D eigenvalue weighted by Crippen LogP contribution is -2.04. The predicted molar refractivity (Wildman–Crippen MR) is 57.8 cm³/mol. The Balaban J connectivity index is 2.69. The van der Waals surface area contributed by atoms with E-state index in [1.54, 1.807) is 0 Å². The molecule has 2 N–H and O–H groups in total. The van der Waals surface area contributed by atoms with Crippen molar-refractivity contribution >= 4 is 0 Å². The molecule has 0 bridgehead atoms. The highest BCUT2D eigenvalue weighted by atomic mass is 16.2. The minimum atomic E-state index is 0.128. The van der Waals surface area contributed by atoms with Gasteiger partial charge < -0.3 is 10.4 Å². The van der Waals surface area contributed by atoms with Gasteiger partial charge in [0.1, 0.15) is 0 Å². The molecule has 1 rings (SSSR count). The Bertz CT molecular complexity index is 336. The smallest absolute Gasteiger partial charge is 0.0540 e. The summed E-state index contributed by atoms with van der Waals surface area (Å²) in [7, 11) is 1.92. The third-order valence-electron chi connectivity index (χ3n) is 1.78. The van der Waals surface area contributed by atoms with Crippen molar-refractivity contribution in [3.63, 3.8) is 0 Å². The summed E-state index contributed by atoms with van der Waals surface area (Å²) in [6, 6.07) is 8.09. The minimum Gasteiger partial charge on any atom is -0.395 e. The monoisotopic (exact) mass is 189 g/mol. The molecule has 0 aliphatic carbocycles. The van der Waals surface area contributed by atoms with E-state index in [9.17, 15) is 0 Å². The highest BCUT2D eigenvalue weighted by molar-refractivity contribution is 5.37. The van der Waals surface area contributed by atoms with Gasteiger partial charge in [-0.05, 0) is 24.7 Å². The van der Waals surface area contributed by atoms with Crippen LogP contribution in [0, 0.1) is 11.8 Å². The van der Waals surface area contributed by atoms with E-state index < -0.39 is 0 Å². The fraction of sp³-hybridized carbons (Fsp3) is 0.333. The van der Waals surface area contributed by atoms with Gasteiger partial charge in [0.15, 0.2) is 0 Å². The molecule has 0 saturated carbocycles. The number of rotatable bonds is 3. The number of aliphatic hydroxyl groups excluding tert-OH is 1. The molecule has 1 aromatic carbocycles. The summed E-state index contributed by atoms with van der Waals surface area (Å²) >= 11 is 0. The molecule has 0 saturated heterocycles. The van der Waals surface area contributed by atoms with E-state index in [2.05, 4.69) is 29.3 Å². The van der Waals surface area contributed by atoms with E-state index in [1.807, 2.05) is 19.2 Å². The summed E-state index contributed by atoms with van der Waals surface area (Å²) in [5, 5.41) is 11.7. The largest absolute Gasteiger partial charge is 0.395 e. The molecule has 0 fully saturated rings. The predicted octanol–water partition coefficient (Wildman–Crippen LogP) is 1.14. The van der Waals surface area contributed by atoms with E-state index in [4.69, 9.17) is 5.11 Å². The molecule has 0 spiro atoms. The maximum Gasteiger partial charge on any atom is 0.0540 e. The third kappa shape index (κ3) is 3.61. The van der Waals surface area contributed by atoms with Crippen LogP contribution in [0.4, 0.5) is 0 Å². The Morgan fingerprint density at radius 2 is 2.29 bits per heavy atom. The summed E-state index contributed by atoms with van der Waals surface area (Å²) in [5.41, 5.74) is 2.23. The average Bonchev–Trinajstić information content (AvgIpc) is 2.19. The van der Waals surface area contributed by atoms with Crippen LogP contribution in [0.5, 0.6) is 0 Å². The van der Waals surface area contributed by atoms with Crippen molar-refractivity contribution in [2.75, 3.05) is 13.7 Å². The molecule has 0 unspecified atom stereocenters. The van der Waals surface area contributed by atoms with Crippen LogP contribution in [0.3, 0.4) is 0 Å². The molecule has 0 aliphatic rings. The normalized spacial score (nSPS) is 9.29. The Morgan fingerprint density at radius 1 is 1.43 bits per heavy atom. The van der Waals surface area contributed by atoms with Crippen molar-refractivity contribution in [1.82, 2.24) is 5.32 Å². The third-order valence-corrected chi connectivity index (χ3v) is 1.78. The summed E-state index contributed by atoms with van der Waals surface area (Å²) in [6.45, 7) is 0.985. The summed E-state index contributed by atoms with van der Waals surface area (Å²) in [4.78, 5) is 0. The molecule has 0 aromatic heterocycles. The lowest BCUT2D eigenvalue weighted by Gasteiger charge is -1.99. The van der Waals surface area contributed by atoms with Crippen LogP contribution in [0.2, 0.25) is 0 Å². The van der Waals surface area contributed by atoms with Gasteiger partial charge in [0.25, 0.3) is 0 Å². The Kier molecular flexibility index (Phi) is 4.77. The molecule has 0 aliphatic heterocycles. The van der Waals surface area contributed by atoms with Crippen LogP contribution >= 0.6 is 0 Å². The van der Waals surface area contributed by atoms with Crippen LogP contribution in [0.15, 0.2) is 24.3 Å². The van der Waals surface area contributed by atoms with Crippen molar-refractivity contribution in [2.24, 2.45) is 0 Å². The number of aliphatic hydroxyl groups is 1. The van der Waals surface area contributed by atoms with E-state index in [0.717, 1.165) is 12.1 Å². The molecular formula is C12H15NO. The standard InChI is InChI=1S/C12H15NO/c1-13-10-12-7-4-6-11(9-12)5-2-3-8-14/h4,6-7,9,13-14H,3,8,10H2,1H3. The van der Waals surface area contributed by atoms with E-state index in [1.165, 1.54) is 5.56 Å². The van der Waals surface area contributed by atoms with E-state index >= 15 is 0 Å². The Morgan fingerprint density at radius 3 is 3.00 bits per heavy atom. The topological polar surface area (TPSA) is 32.3 Å². The van der Waals surface area contributed by atoms with E-state index in [-0.39, 0.29) is 6.61 Å². The zero-order valence-electron chi connectivity index (χ0n) is 8.38. The SMILES string of the molecule is CNCc1cccc(C#CCCO)c1. The molecular weight excluding hydrogens is 174 g/mol. The first-order valence-corrected chi connectivity index (χ1v) is 4.70. The summed E-state index contributed by atoms with van der Waals surface area (Å²) in [6.07, 6.45) is 0.538. The Labute approximate surface area is 85.0 Å². The van der Waals surface area contributed by atoms with Gasteiger partial charge in [-0.1, -0.05) is 24.0 Å². The molecule has 2 nitrogen and oxygen atoms in total. The van der Waals surface area contributed by atoms with Crippen LogP contribution in [-0.2, 0) is 6.54 Å². The molecule has 0 atom stereocenters. The lowest BCUT2D eigenvalue weighted by atomic mass is 10.1. The fourth-order valence-electron chi connectivity index (χ4n) is 1.18. The Hall–Kier alpha value is -1.30. The van der Waals surface area contributed by atoms with Crippen molar-refractivity contribution in [3.8, 4) is 11.8 Å². The van der Waals surface area contributed by atoms with Crippen LogP contribution in [0.1, 0.15) is 17.5 Å². The van der Waals surface area contributed by atoms with Crippen molar-refractivity contribution in [1.29, 1.82) is 0 Å². The number of hydrogen-bond acceptors (Lipinski definition) is 2. The van der Waals surface area contributed by atoms with Gasteiger partial charge in [-0.15, -0.1) is 0 Å². The van der Waals surface area contributed by atoms with Gasteiger partial charge in [-0.25, -0.2) is 0 Å². The summed E-state index contributed by atoms with van der Waals surface area (Å²) in [5.74, 6) is 5.91. The zero-order valence-corrected chi connectivity index (χ0v) is 8.38. The highest BCUT2D eigenvalue weighted by Gasteiger charge is 1.91. The first kappa shape index (κ1) is 10.8. The lowest BCUT2D eigenvalue weighted by molar-refractivity contribution is 0.305. The second kappa shape index (κ2) is 6.20. The quantitative estimate of drug-likeness (QED) is 0.699. The first-order chi connectivity index (χ1) is 6.86. The van der Waals surface area contributed by atoms with Crippen LogP contribution < -0.4 is 5.32 Å². The van der Waals surface area contributed by atoms with Gasteiger partial charge in [0.2, 0.25) is 0 Å². The molecule has 14 heavy (non-hydrogen) atoms. The highest BCUT2D eigenvalue weighted by Crippen LogP contribution is 2.03. The number of hydrogen-bond donors (Lipinski definition) is 2. The second-order valence-electron chi connectivity index (χ2n) is 3.01. The van der Waals surface area contributed by atoms with Crippen LogP contribution in [0.25, 0.3) is 0 Å². The van der Waals surface area contributed by atoms with Gasteiger partial charge in [-0.3, -0.25) is 0 Å². The van der Waals surface area contributed by atoms with Crippen LogP contribution in [-0.4, -0.2) is 18.8 Å². The zero-order chi connectivity index (χ0) is 10.2. The second-order valence-corrected chi connectivity index (χ2v) is 3.01. The molecule has 0 amide bonds. The number of benzene rings is 1. The van der Waals surface area contributed by atoms with Crippen molar-refractivity contribution in [2.45, 2.75) is 13.0 Å². The average molecular weight is 189 g/mol. The van der Waals surface area contributed by atoms with E-state index in [0.29, 0.717) is 6.42 Å². The molecule has 2 heteroatoms. The molecule has 74 valence electrons. The van der Waals surface area contributed by atoms with Crippen molar-refractivity contribution < 1.29 is 5.11 Å². The van der Waals surface area contributed by atoms with Gasteiger partial charge in [0, 0.05) is 18.5 Å². The van der Waals surface area contributed by atoms with Gasteiger partial charge in [0.05, 0.1) is 6.61 Å². The number of nitrogens with one attached hydrogen (secondary N) is 1. The van der Waals surface area contributed by atoms with Gasteiger partial charge in [-0.2, -0.15) is 0 Å². The van der Waals surface area contributed by atoms with Gasteiger partial charge >= 0.3 is 0 Å². The molecule has 0 radical (unpaired) electrons. The molecule has 0 heterocycles.